The van der Waals surface area contributed by atoms with Crippen molar-refractivity contribution in [2.75, 3.05) is 17.2 Å². The van der Waals surface area contributed by atoms with Gasteiger partial charge in [-0.3, -0.25) is 4.79 Å². The normalized spacial score (nSPS) is 10.2. The number of anilines is 3. The standard InChI is InChI=1S/C21H21N3O2/c1-2-26-19-11-7-6-10-18(19)23-17-12-13-20(22-15-17)24-21(25)14-16-8-4-3-5-9-16/h3-13,15,23H,2,14H2,1H3,(H,22,24,25). The summed E-state index contributed by atoms with van der Waals surface area (Å²) in [6.45, 7) is 2.55. The molecule has 3 rings (SSSR count). The highest BCUT2D eigenvalue weighted by atomic mass is 16.5. The molecule has 0 aliphatic carbocycles. The molecule has 5 heteroatoms. The first-order valence-corrected chi connectivity index (χ1v) is 8.53. The summed E-state index contributed by atoms with van der Waals surface area (Å²) < 4.78 is 5.60. The van der Waals surface area contributed by atoms with Crippen molar-refractivity contribution in [1.29, 1.82) is 0 Å². The second kappa shape index (κ2) is 8.67. The van der Waals surface area contributed by atoms with Gasteiger partial charge in [-0.2, -0.15) is 0 Å². The highest BCUT2D eigenvalue weighted by Crippen LogP contribution is 2.27. The lowest BCUT2D eigenvalue weighted by molar-refractivity contribution is -0.115. The Labute approximate surface area is 153 Å². The van der Waals surface area contributed by atoms with Gasteiger partial charge in [0.05, 0.1) is 30.6 Å². The van der Waals surface area contributed by atoms with Crippen LogP contribution < -0.4 is 15.4 Å². The quantitative estimate of drug-likeness (QED) is 0.665. The smallest absolute Gasteiger partial charge is 0.229 e. The van der Waals surface area contributed by atoms with E-state index in [0.717, 1.165) is 22.7 Å². The highest BCUT2D eigenvalue weighted by molar-refractivity contribution is 5.91. The molecule has 0 bridgehead atoms. The van der Waals surface area contributed by atoms with Crippen LogP contribution in [0.2, 0.25) is 0 Å². The summed E-state index contributed by atoms with van der Waals surface area (Å²) in [5, 5.41) is 6.09. The Morgan fingerprint density at radius 3 is 2.50 bits per heavy atom. The van der Waals surface area contributed by atoms with Crippen LogP contribution in [-0.2, 0) is 11.2 Å². The summed E-state index contributed by atoms with van der Waals surface area (Å²) in [6.07, 6.45) is 2.01. The minimum atomic E-state index is -0.0916. The number of nitrogens with zero attached hydrogens (tertiary/aromatic N) is 1. The Balaban J connectivity index is 1.61. The third-order valence-electron chi connectivity index (χ3n) is 3.70. The number of ether oxygens (including phenoxy) is 1. The van der Waals surface area contributed by atoms with Gasteiger partial charge in [-0.05, 0) is 36.8 Å². The molecular formula is C21H21N3O2. The Hall–Kier alpha value is -3.34. The summed E-state index contributed by atoms with van der Waals surface area (Å²) in [7, 11) is 0. The van der Waals surface area contributed by atoms with Crippen LogP contribution in [0.1, 0.15) is 12.5 Å². The number of rotatable bonds is 7. The summed E-state index contributed by atoms with van der Waals surface area (Å²) >= 11 is 0. The second-order valence-electron chi connectivity index (χ2n) is 5.70. The predicted molar refractivity (Wildman–Crippen MR) is 104 cm³/mol. The van der Waals surface area contributed by atoms with Crippen LogP contribution in [0.5, 0.6) is 5.75 Å². The van der Waals surface area contributed by atoms with Crippen molar-refractivity contribution in [1.82, 2.24) is 4.98 Å². The van der Waals surface area contributed by atoms with Gasteiger partial charge < -0.3 is 15.4 Å². The van der Waals surface area contributed by atoms with Gasteiger partial charge in [0.2, 0.25) is 5.91 Å². The van der Waals surface area contributed by atoms with Crippen molar-refractivity contribution in [3.63, 3.8) is 0 Å². The molecule has 0 fully saturated rings. The van der Waals surface area contributed by atoms with Crippen LogP contribution in [0.4, 0.5) is 17.2 Å². The highest BCUT2D eigenvalue weighted by Gasteiger charge is 2.06. The molecule has 0 aliphatic rings. The van der Waals surface area contributed by atoms with E-state index in [1.54, 1.807) is 12.3 Å². The fourth-order valence-electron chi connectivity index (χ4n) is 2.52. The van der Waals surface area contributed by atoms with Gasteiger partial charge in [0, 0.05) is 0 Å². The largest absolute Gasteiger partial charge is 0.492 e. The first-order valence-electron chi connectivity index (χ1n) is 8.53. The molecule has 0 atom stereocenters. The predicted octanol–water partition coefficient (Wildman–Crippen LogP) is 4.41. The third-order valence-corrected chi connectivity index (χ3v) is 3.70. The number of pyridine rings is 1. The summed E-state index contributed by atoms with van der Waals surface area (Å²) in [5.74, 6) is 1.22. The molecule has 3 aromatic rings. The van der Waals surface area contributed by atoms with E-state index in [0.29, 0.717) is 18.8 Å². The van der Waals surface area contributed by atoms with Crippen molar-refractivity contribution >= 4 is 23.1 Å². The molecule has 2 aromatic carbocycles. The molecule has 5 nitrogen and oxygen atoms in total. The van der Waals surface area contributed by atoms with E-state index in [-0.39, 0.29) is 5.91 Å². The van der Waals surface area contributed by atoms with Crippen LogP contribution in [0.25, 0.3) is 0 Å². The van der Waals surface area contributed by atoms with Gasteiger partial charge >= 0.3 is 0 Å². The Kier molecular flexibility index (Phi) is 5.83. The van der Waals surface area contributed by atoms with E-state index in [9.17, 15) is 4.79 Å². The number of aromatic nitrogens is 1. The van der Waals surface area contributed by atoms with E-state index >= 15 is 0 Å². The number of nitrogens with one attached hydrogen (secondary N) is 2. The van der Waals surface area contributed by atoms with E-state index in [2.05, 4.69) is 15.6 Å². The lowest BCUT2D eigenvalue weighted by Gasteiger charge is -2.12. The average Bonchev–Trinajstić information content (AvgIpc) is 2.66. The zero-order valence-corrected chi connectivity index (χ0v) is 14.6. The maximum atomic E-state index is 12.1. The fourth-order valence-corrected chi connectivity index (χ4v) is 2.52. The molecule has 0 aliphatic heterocycles. The van der Waals surface area contributed by atoms with Gasteiger partial charge in [0.1, 0.15) is 11.6 Å². The molecule has 0 unspecified atom stereocenters. The van der Waals surface area contributed by atoms with E-state index in [1.165, 1.54) is 0 Å². The molecule has 0 radical (unpaired) electrons. The topological polar surface area (TPSA) is 63.2 Å². The zero-order chi connectivity index (χ0) is 18.2. The molecule has 0 saturated heterocycles. The van der Waals surface area contributed by atoms with Crippen LogP contribution in [-0.4, -0.2) is 17.5 Å². The van der Waals surface area contributed by atoms with E-state index < -0.39 is 0 Å². The van der Waals surface area contributed by atoms with Gasteiger partial charge in [0.25, 0.3) is 0 Å². The molecule has 0 spiro atoms. The van der Waals surface area contributed by atoms with Gasteiger partial charge in [0.15, 0.2) is 0 Å². The van der Waals surface area contributed by atoms with Crippen LogP contribution in [0.15, 0.2) is 72.9 Å². The molecule has 1 amide bonds. The number of carbonyl (C=O) groups is 1. The van der Waals surface area contributed by atoms with E-state index in [1.807, 2.05) is 67.6 Å². The van der Waals surface area contributed by atoms with Crippen molar-refractivity contribution < 1.29 is 9.53 Å². The van der Waals surface area contributed by atoms with Crippen molar-refractivity contribution in [2.45, 2.75) is 13.3 Å². The number of benzene rings is 2. The van der Waals surface area contributed by atoms with Crippen molar-refractivity contribution in [3.05, 3.63) is 78.5 Å². The Morgan fingerprint density at radius 1 is 1.00 bits per heavy atom. The number of para-hydroxylation sites is 2. The first-order chi connectivity index (χ1) is 12.7. The van der Waals surface area contributed by atoms with Crippen molar-refractivity contribution in [3.8, 4) is 5.75 Å². The fraction of sp³-hybridized carbons (Fsp3) is 0.143. The van der Waals surface area contributed by atoms with Crippen LogP contribution in [0, 0.1) is 0 Å². The molecular weight excluding hydrogens is 326 g/mol. The lowest BCUT2D eigenvalue weighted by Crippen LogP contribution is -2.15. The number of carbonyl (C=O) groups excluding carboxylic acids is 1. The first kappa shape index (κ1) is 17.5. The molecule has 132 valence electrons. The summed E-state index contributed by atoms with van der Waals surface area (Å²) in [5.41, 5.74) is 2.66. The molecule has 1 heterocycles. The second-order valence-corrected chi connectivity index (χ2v) is 5.70. The van der Waals surface area contributed by atoms with Gasteiger partial charge in [-0.25, -0.2) is 4.98 Å². The minimum absolute atomic E-state index is 0.0916. The van der Waals surface area contributed by atoms with Gasteiger partial charge in [-0.1, -0.05) is 42.5 Å². The van der Waals surface area contributed by atoms with Gasteiger partial charge in [-0.15, -0.1) is 0 Å². The molecule has 1 aromatic heterocycles. The average molecular weight is 347 g/mol. The number of amides is 1. The maximum Gasteiger partial charge on any atom is 0.229 e. The third kappa shape index (κ3) is 4.83. The Bertz CT molecular complexity index is 849. The SMILES string of the molecule is CCOc1ccccc1Nc1ccc(NC(=O)Cc2ccccc2)nc1. The molecule has 2 N–H and O–H groups in total. The minimum Gasteiger partial charge on any atom is -0.492 e. The monoisotopic (exact) mass is 347 g/mol. The molecule has 0 saturated carbocycles. The number of hydrogen-bond donors (Lipinski definition) is 2. The summed E-state index contributed by atoms with van der Waals surface area (Å²) in [4.78, 5) is 16.4. The zero-order valence-electron chi connectivity index (χ0n) is 14.6. The lowest BCUT2D eigenvalue weighted by atomic mass is 10.1. The van der Waals surface area contributed by atoms with E-state index in [4.69, 9.17) is 4.74 Å². The number of hydrogen-bond acceptors (Lipinski definition) is 4. The summed E-state index contributed by atoms with van der Waals surface area (Å²) in [6, 6.07) is 21.0. The van der Waals surface area contributed by atoms with Crippen LogP contribution >= 0.6 is 0 Å². The maximum absolute atomic E-state index is 12.1. The molecule has 26 heavy (non-hydrogen) atoms. The van der Waals surface area contributed by atoms with Crippen LogP contribution in [0.3, 0.4) is 0 Å². The Morgan fingerprint density at radius 2 is 1.77 bits per heavy atom. The van der Waals surface area contributed by atoms with Crippen molar-refractivity contribution in [2.24, 2.45) is 0 Å².